The van der Waals surface area contributed by atoms with Gasteiger partial charge in [-0.25, -0.2) is 0 Å². The number of ether oxygens (including phenoxy) is 1. The summed E-state index contributed by atoms with van der Waals surface area (Å²) in [5.41, 5.74) is 1.10. The Bertz CT molecular complexity index is 409. The number of nitrogens with zero attached hydrogens (tertiary/aromatic N) is 2. The van der Waals surface area contributed by atoms with Crippen LogP contribution in [-0.4, -0.2) is 61.0 Å². The molecule has 1 fully saturated rings. The van der Waals surface area contributed by atoms with Gasteiger partial charge in [-0.3, -0.25) is 4.90 Å². The molecule has 1 heterocycles. The number of benzene rings is 1. The van der Waals surface area contributed by atoms with Crippen molar-refractivity contribution >= 4 is 5.69 Å². The average molecular weight is 292 g/mol. The van der Waals surface area contributed by atoms with Crippen molar-refractivity contribution in [2.75, 3.05) is 44.2 Å². The van der Waals surface area contributed by atoms with Gasteiger partial charge < -0.3 is 14.7 Å². The molecule has 1 atom stereocenters. The van der Waals surface area contributed by atoms with Gasteiger partial charge in [0.05, 0.1) is 18.3 Å². The van der Waals surface area contributed by atoms with Crippen LogP contribution >= 0.6 is 0 Å². The Morgan fingerprint density at radius 2 is 1.71 bits per heavy atom. The minimum Gasteiger partial charge on any atom is -0.389 e. The summed E-state index contributed by atoms with van der Waals surface area (Å²) in [6.45, 7) is 11.1. The molecule has 1 aliphatic heterocycles. The summed E-state index contributed by atoms with van der Waals surface area (Å²) >= 11 is 0. The van der Waals surface area contributed by atoms with Gasteiger partial charge in [0.15, 0.2) is 0 Å². The number of piperazine rings is 1. The molecule has 1 aromatic rings. The lowest BCUT2D eigenvalue weighted by molar-refractivity contribution is -0.0563. The molecule has 2 rings (SSSR count). The number of aliphatic hydroxyl groups is 1. The lowest BCUT2D eigenvalue weighted by Crippen LogP contribution is -2.49. The third-order valence-electron chi connectivity index (χ3n) is 3.67. The third-order valence-corrected chi connectivity index (χ3v) is 3.67. The smallest absolute Gasteiger partial charge is 0.0900 e. The standard InChI is InChI=1S/C17H28N2O2/c1-17(2,3)21-14-16(20)13-18-9-11-19(12-10-18)15-7-5-4-6-8-15/h4-8,16,20H,9-14H2,1-3H3. The fourth-order valence-corrected chi connectivity index (χ4v) is 2.52. The third kappa shape index (κ3) is 5.65. The normalized spacial score (nSPS) is 18.8. The Morgan fingerprint density at radius 1 is 1.10 bits per heavy atom. The van der Waals surface area contributed by atoms with Crippen molar-refractivity contribution in [2.24, 2.45) is 0 Å². The van der Waals surface area contributed by atoms with Crippen molar-refractivity contribution in [3.05, 3.63) is 30.3 Å². The Kier molecular flexibility index (Phi) is 5.62. The van der Waals surface area contributed by atoms with E-state index in [2.05, 4.69) is 34.1 Å². The van der Waals surface area contributed by atoms with E-state index in [1.165, 1.54) is 5.69 Å². The molecule has 0 aliphatic carbocycles. The minimum absolute atomic E-state index is 0.188. The van der Waals surface area contributed by atoms with Gasteiger partial charge >= 0.3 is 0 Å². The summed E-state index contributed by atoms with van der Waals surface area (Å²) in [5.74, 6) is 0. The second-order valence-corrected chi connectivity index (χ2v) is 6.70. The summed E-state index contributed by atoms with van der Waals surface area (Å²) < 4.78 is 5.64. The Labute approximate surface area is 128 Å². The van der Waals surface area contributed by atoms with E-state index in [4.69, 9.17) is 4.74 Å². The quantitative estimate of drug-likeness (QED) is 0.900. The summed E-state index contributed by atoms with van der Waals surface area (Å²) in [6.07, 6.45) is -0.410. The SMILES string of the molecule is CC(C)(C)OCC(O)CN1CCN(c2ccccc2)CC1. The van der Waals surface area contributed by atoms with Crippen LogP contribution in [0.25, 0.3) is 0 Å². The highest BCUT2D eigenvalue weighted by Gasteiger charge is 2.20. The molecule has 1 aliphatic rings. The maximum atomic E-state index is 10.1. The van der Waals surface area contributed by atoms with E-state index < -0.39 is 6.10 Å². The maximum absolute atomic E-state index is 10.1. The van der Waals surface area contributed by atoms with Crippen LogP contribution in [0.4, 0.5) is 5.69 Å². The Morgan fingerprint density at radius 3 is 2.29 bits per heavy atom. The van der Waals surface area contributed by atoms with Crippen LogP contribution in [0.15, 0.2) is 30.3 Å². The first-order chi connectivity index (χ1) is 9.94. The number of para-hydroxylation sites is 1. The van der Waals surface area contributed by atoms with Crippen LogP contribution in [0.2, 0.25) is 0 Å². The fourth-order valence-electron chi connectivity index (χ4n) is 2.52. The van der Waals surface area contributed by atoms with E-state index in [1.54, 1.807) is 0 Å². The number of hydrogen-bond donors (Lipinski definition) is 1. The van der Waals surface area contributed by atoms with E-state index in [9.17, 15) is 5.11 Å². The molecule has 1 N–H and O–H groups in total. The predicted molar refractivity (Wildman–Crippen MR) is 86.8 cm³/mol. The second kappa shape index (κ2) is 7.25. The molecule has 21 heavy (non-hydrogen) atoms. The monoisotopic (exact) mass is 292 g/mol. The van der Waals surface area contributed by atoms with Crippen LogP contribution in [0.5, 0.6) is 0 Å². The van der Waals surface area contributed by atoms with Gasteiger partial charge in [-0.1, -0.05) is 18.2 Å². The van der Waals surface area contributed by atoms with Crippen molar-refractivity contribution in [1.29, 1.82) is 0 Å². The van der Waals surface area contributed by atoms with Gasteiger partial charge in [-0.2, -0.15) is 0 Å². The van der Waals surface area contributed by atoms with Gasteiger partial charge in [0.2, 0.25) is 0 Å². The zero-order chi connectivity index (χ0) is 15.3. The van der Waals surface area contributed by atoms with E-state index in [0.717, 1.165) is 26.2 Å². The highest BCUT2D eigenvalue weighted by Crippen LogP contribution is 2.15. The van der Waals surface area contributed by atoms with Crippen molar-refractivity contribution in [3.8, 4) is 0 Å². The fraction of sp³-hybridized carbons (Fsp3) is 0.647. The minimum atomic E-state index is -0.410. The largest absolute Gasteiger partial charge is 0.389 e. The van der Waals surface area contributed by atoms with Gasteiger partial charge in [0, 0.05) is 38.4 Å². The van der Waals surface area contributed by atoms with Gasteiger partial charge in [0.1, 0.15) is 0 Å². The van der Waals surface area contributed by atoms with Gasteiger partial charge in [-0.15, -0.1) is 0 Å². The molecule has 4 heteroatoms. The molecule has 0 saturated carbocycles. The lowest BCUT2D eigenvalue weighted by atomic mass is 10.2. The number of aliphatic hydroxyl groups excluding tert-OH is 1. The first-order valence-corrected chi connectivity index (χ1v) is 7.78. The molecule has 0 aromatic heterocycles. The van der Waals surface area contributed by atoms with E-state index >= 15 is 0 Å². The number of β-amino-alcohol motifs (C(OH)–C–C–N with tert-alkyl or cyclic N) is 1. The number of rotatable bonds is 5. The molecular formula is C17H28N2O2. The van der Waals surface area contributed by atoms with Crippen LogP contribution < -0.4 is 4.90 Å². The molecule has 1 aromatic carbocycles. The molecule has 0 spiro atoms. The zero-order valence-electron chi connectivity index (χ0n) is 13.5. The molecule has 0 radical (unpaired) electrons. The van der Waals surface area contributed by atoms with Crippen LogP contribution in [0, 0.1) is 0 Å². The van der Waals surface area contributed by atoms with Crippen molar-refractivity contribution in [1.82, 2.24) is 4.90 Å². The summed E-state index contributed by atoms with van der Waals surface area (Å²) in [5, 5.41) is 10.1. The predicted octanol–water partition coefficient (Wildman–Crippen LogP) is 1.98. The Hall–Kier alpha value is -1.10. The van der Waals surface area contributed by atoms with E-state index in [-0.39, 0.29) is 5.60 Å². The lowest BCUT2D eigenvalue weighted by Gasteiger charge is -2.37. The second-order valence-electron chi connectivity index (χ2n) is 6.70. The average Bonchev–Trinajstić information content (AvgIpc) is 2.46. The molecular weight excluding hydrogens is 264 g/mol. The summed E-state index contributed by atoms with van der Waals surface area (Å²) in [6, 6.07) is 10.5. The molecule has 118 valence electrons. The zero-order valence-corrected chi connectivity index (χ0v) is 13.5. The topological polar surface area (TPSA) is 35.9 Å². The summed E-state index contributed by atoms with van der Waals surface area (Å²) in [7, 11) is 0. The highest BCUT2D eigenvalue weighted by molar-refractivity contribution is 5.46. The molecule has 0 bridgehead atoms. The number of hydrogen-bond acceptors (Lipinski definition) is 4. The van der Waals surface area contributed by atoms with Crippen LogP contribution in [0.1, 0.15) is 20.8 Å². The van der Waals surface area contributed by atoms with Crippen molar-refractivity contribution < 1.29 is 9.84 Å². The molecule has 1 saturated heterocycles. The van der Waals surface area contributed by atoms with Crippen molar-refractivity contribution in [3.63, 3.8) is 0 Å². The summed E-state index contributed by atoms with van der Waals surface area (Å²) in [4.78, 5) is 4.71. The molecule has 0 amide bonds. The van der Waals surface area contributed by atoms with Gasteiger partial charge in [0.25, 0.3) is 0 Å². The first-order valence-electron chi connectivity index (χ1n) is 7.78. The maximum Gasteiger partial charge on any atom is 0.0900 e. The van der Waals surface area contributed by atoms with Crippen LogP contribution in [-0.2, 0) is 4.74 Å². The number of anilines is 1. The molecule has 4 nitrogen and oxygen atoms in total. The molecule has 1 unspecified atom stereocenters. The van der Waals surface area contributed by atoms with Gasteiger partial charge in [-0.05, 0) is 32.9 Å². The van der Waals surface area contributed by atoms with E-state index in [0.29, 0.717) is 13.2 Å². The highest BCUT2D eigenvalue weighted by atomic mass is 16.5. The Balaban J connectivity index is 1.72. The van der Waals surface area contributed by atoms with Crippen molar-refractivity contribution in [2.45, 2.75) is 32.5 Å². The first kappa shape index (κ1) is 16.3. The van der Waals surface area contributed by atoms with Crippen LogP contribution in [0.3, 0.4) is 0 Å². The van der Waals surface area contributed by atoms with E-state index in [1.807, 2.05) is 26.8 Å².